The summed E-state index contributed by atoms with van der Waals surface area (Å²) in [5, 5.41) is 14.4. The van der Waals surface area contributed by atoms with Crippen LogP contribution in [-0.4, -0.2) is 18.0 Å². The van der Waals surface area contributed by atoms with Crippen LogP contribution in [0.3, 0.4) is 0 Å². The summed E-state index contributed by atoms with van der Waals surface area (Å²) in [5.74, 6) is -0.682. The van der Waals surface area contributed by atoms with E-state index < -0.39 is 5.82 Å². The molecule has 5 heteroatoms. The Labute approximate surface area is 112 Å². The molecule has 0 aliphatic rings. The average Bonchev–Trinajstić information content (AvgIpc) is 2.29. The first kappa shape index (κ1) is 15.1. The van der Waals surface area contributed by atoms with E-state index in [1.165, 1.54) is 6.07 Å². The molecule has 1 aromatic rings. The SMILES string of the molecule is CC(C)(C)NC(=O)CNCc1cccc(C#N)c1F. The van der Waals surface area contributed by atoms with Gasteiger partial charge in [-0.3, -0.25) is 4.79 Å². The number of carbonyl (C=O) groups is 1. The van der Waals surface area contributed by atoms with Crippen LogP contribution in [0, 0.1) is 17.1 Å². The van der Waals surface area contributed by atoms with Gasteiger partial charge in [0.05, 0.1) is 12.1 Å². The van der Waals surface area contributed by atoms with Gasteiger partial charge in [-0.05, 0) is 26.8 Å². The summed E-state index contributed by atoms with van der Waals surface area (Å²) < 4.78 is 13.7. The number of nitrogens with zero attached hydrogens (tertiary/aromatic N) is 1. The molecule has 0 aromatic heterocycles. The predicted octanol–water partition coefficient (Wildman–Crippen LogP) is 1.70. The van der Waals surface area contributed by atoms with Crippen molar-refractivity contribution in [2.24, 2.45) is 0 Å². The molecule has 1 rings (SSSR count). The van der Waals surface area contributed by atoms with Crippen LogP contribution < -0.4 is 10.6 Å². The van der Waals surface area contributed by atoms with Gasteiger partial charge in [0.15, 0.2) is 0 Å². The summed E-state index contributed by atoms with van der Waals surface area (Å²) in [4.78, 5) is 11.5. The van der Waals surface area contributed by atoms with Gasteiger partial charge in [-0.2, -0.15) is 5.26 Å². The van der Waals surface area contributed by atoms with Crippen LogP contribution in [-0.2, 0) is 11.3 Å². The van der Waals surface area contributed by atoms with Gasteiger partial charge in [0.1, 0.15) is 11.9 Å². The van der Waals surface area contributed by atoms with E-state index >= 15 is 0 Å². The largest absolute Gasteiger partial charge is 0.350 e. The average molecular weight is 263 g/mol. The van der Waals surface area contributed by atoms with Crippen LogP contribution in [0.1, 0.15) is 31.9 Å². The first-order chi connectivity index (χ1) is 8.83. The van der Waals surface area contributed by atoms with Gasteiger partial charge in [0.25, 0.3) is 0 Å². The lowest BCUT2D eigenvalue weighted by Crippen LogP contribution is -2.44. The highest BCUT2D eigenvalue weighted by Gasteiger charge is 2.13. The smallest absolute Gasteiger partial charge is 0.234 e. The minimum absolute atomic E-state index is 0.0124. The van der Waals surface area contributed by atoms with Gasteiger partial charge < -0.3 is 10.6 Å². The highest BCUT2D eigenvalue weighted by molar-refractivity contribution is 5.78. The zero-order chi connectivity index (χ0) is 14.5. The molecule has 0 radical (unpaired) electrons. The molecule has 0 atom stereocenters. The van der Waals surface area contributed by atoms with E-state index in [1.807, 2.05) is 20.8 Å². The van der Waals surface area contributed by atoms with E-state index in [2.05, 4.69) is 10.6 Å². The molecule has 0 aliphatic heterocycles. The van der Waals surface area contributed by atoms with Crippen molar-refractivity contribution in [2.75, 3.05) is 6.54 Å². The first-order valence-corrected chi connectivity index (χ1v) is 6.02. The lowest BCUT2D eigenvalue weighted by molar-refractivity contribution is -0.121. The lowest BCUT2D eigenvalue weighted by Gasteiger charge is -2.20. The summed E-state index contributed by atoms with van der Waals surface area (Å²) in [6.45, 7) is 5.98. The molecule has 0 bridgehead atoms. The second kappa shape index (κ2) is 6.30. The monoisotopic (exact) mass is 263 g/mol. The maximum atomic E-state index is 13.7. The third-order valence-electron chi connectivity index (χ3n) is 2.31. The number of carbonyl (C=O) groups excluding carboxylic acids is 1. The summed E-state index contributed by atoms with van der Waals surface area (Å²) in [6, 6.07) is 6.41. The Balaban J connectivity index is 2.51. The highest BCUT2D eigenvalue weighted by Crippen LogP contribution is 2.11. The van der Waals surface area contributed by atoms with Gasteiger partial charge in [0, 0.05) is 17.6 Å². The molecule has 4 nitrogen and oxygen atoms in total. The van der Waals surface area contributed by atoms with Gasteiger partial charge in [-0.15, -0.1) is 0 Å². The fraction of sp³-hybridized carbons (Fsp3) is 0.429. The number of rotatable bonds is 4. The Morgan fingerprint density at radius 2 is 2.11 bits per heavy atom. The number of amides is 1. The Bertz CT molecular complexity index is 500. The molecule has 2 N–H and O–H groups in total. The summed E-state index contributed by atoms with van der Waals surface area (Å²) >= 11 is 0. The highest BCUT2D eigenvalue weighted by atomic mass is 19.1. The number of halogens is 1. The fourth-order valence-electron chi connectivity index (χ4n) is 1.58. The first-order valence-electron chi connectivity index (χ1n) is 6.02. The zero-order valence-electron chi connectivity index (χ0n) is 11.4. The topological polar surface area (TPSA) is 64.9 Å². The molecule has 1 aromatic carbocycles. The maximum Gasteiger partial charge on any atom is 0.234 e. The Morgan fingerprint density at radius 3 is 2.68 bits per heavy atom. The molecule has 0 saturated carbocycles. The van der Waals surface area contributed by atoms with Crippen molar-refractivity contribution in [1.29, 1.82) is 5.26 Å². The predicted molar refractivity (Wildman–Crippen MR) is 70.7 cm³/mol. The lowest BCUT2D eigenvalue weighted by atomic mass is 10.1. The number of nitrogens with one attached hydrogen (secondary N) is 2. The minimum atomic E-state index is -0.534. The van der Waals surface area contributed by atoms with Crippen LogP contribution in [0.15, 0.2) is 18.2 Å². The van der Waals surface area contributed by atoms with E-state index in [1.54, 1.807) is 18.2 Å². The standard InChI is InChI=1S/C14H18FN3O/c1-14(2,3)18-12(19)9-17-8-11-6-4-5-10(7-16)13(11)15/h4-6,17H,8-9H2,1-3H3,(H,18,19). The summed E-state index contributed by atoms with van der Waals surface area (Å²) in [5.41, 5.74) is 0.103. The molecule has 0 heterocycles. The molecular weight excluding hydrogens is 245 g/mol. The second-order valence-corrected chi connectivity index (χ2v) is 5.29. The van der Waals surface area contributed by atoms with Gasteiger partial charge in [0.2, 0.25) is 5.91 Å². The van der Waals surface area contributed by atoms with E-state index in [-0.39, 0.29) is 30.1 Å². The normalized spacial score (nSPS) is 10.9. The van der Waals surface area contributed by atoms with Crippen molar-refractivity contribution in [3.8, 4) is 6.07 Å². The van der Waals surface area contributed by atoms with Crippen molar-refractivity contribution in [2.45, 2.75) is 32.9 Å². The molecule has 0 spiro atoms. The van der Waals surface area contributed by atoms with Crippen molar-refractivity contribution < 1.29 is 9.18 Å². The Hall–Kier alpha value is -1.93. The molecular formula is C14H18FN3O. The summed E-state index contributed by atoms with van der Waals surface area (Å²) in [6.07, 6.45) is 0. The third kappa shape index (κ3) is 5.06. The minimum Gasteiger partial charge on any atom is -0.350 e. The van der Waals surface area contributed by atoms with E-state index in [0.717, 1.165) is 0 Å². The number of nitriles is 1. The number of hydrogen-bond donors (Lipinski definition) is 2. The Morgan fingerprint density at radius 1 is 1.42 bits per heavy atom. The van der Waals surface area contributed by atoms with Crippen molar-refractivity contribution in [3.63, 3.8) is 0 Å². The van der Waals surface area contributed by atoms with Crippen molar-refractivity contribution >= 4 is 5.91 Å². The maximum absolute atomic E-state index is 13.7. The van der Waals surface area contributed by atoms with Gasteiger partial charge >= 0.3 is 0 Å². The van der Waals surface area contributed by atoms with E-state index in [0.29, 0.717) is 5.56 Å². The number of benzene rings is 1. The van der Waals surface area contributed by atoms with Gasteiger partial charge in [-0.1, -0.05) is 12.1 Å². The van der Waals surface area contributed by atoms with Crippen molar-refractivity contribution in [1.82, 2.24) is 10.6 Å². The zero-order valence-corrected chi connectivity index (χ0v) is 11.4. The van der Waals surface area contributed by atoms with Crippen LogP contribution >= 0.6 is 0 Å². The molecule has 0 unspecified atom stereocenters. The molecule has 0 fully saturated rings. The molecule has 1 amide bonds. The van der Waals surface area contributed by atoms with E-state index in [4.69, 9.17) is 5.26 Å². The molecule has 0 aliphatic carbocycles. The van der Waals surface area contributed by atoms with Crippen LogP contribution in [0.25, 0.3) is 0 Å². The second-order valence-electron chi connectivity index (χ2n) is 5.29. The Kier molecular flexibility index (Phi) is 5.02. The third-order valence-corrected chi connectivity index (χ3v) is 2.31. The van der Waals surface area contributed by atoms with Crippen LogP contribution in [0.5, 0.6) is 0 Å². The molecule has 102 valence electrons. The summed E-state index contributed by atoms with van der Waals surface area (Å²) in [7, 11) is 0. The fourth-order valence-corrected chi connectivity index (χ4v) is 1.58. The number of hydrogen-bond acceptors (Lipinski definition) is 3. The van der Waals surface area contributed by atoms with Crippen LogP contribution in [0.4, 0.5) is 4.39 Å². The molecule has 0 saturated heterocycles. The van der Waals surface area contributed by atoms with Crippen LogP contribution in [0.2, 0.25) is 0 Å². The quantitative estimate of drug-likeness (QED) is 0.869. The van der Waals surface area contributed by atoms with E-state index in [9.17, 15) is 9.18 Å². The molecule has 19 heavy (non-hydrogen) atoms. The van der Waals surface area contributed by atoms with Crippen molar-refractivity contribution in [3.05, 3.63) is 35.1 Å². The van der Waals surface area contributed by atoms with Gasteiger partial charge in [-0.25, -0.2) is 4.39 Å².